The molecule has 1 N–H and O–H groups in total. The first kappa shape index (κ1) is 21.5. The van der Waals surface area contributed by atoms with Gasteiger partial charge in [0, 0.05) is 22.0 Å². The van der Waals surface area contributed by atoms with Crippen LogP contribution >= 0.6 is 11.6 Å². The number of hydrogen-bond donors (Lipinski definition) is 1. The first-order valence-corrected chi connectivity index (χ1v) is 10.4. The third kappa shape index (κ3) is 4.48. The van der Waals surface area contributed by atoms with E-state index in [9.17, 15) is 9.59 Å². The van der Waals surface area contributed by atoms with Crippen LogP contribution in [-0.2, 0) is 11.3 Å². The Morgan fingerprint density at radius 3 is 2.62 bits per heavy atom. The Labute approximate surface area is 189 Å². The lowest BCUT2D eigenvalue weighted by molar-refractivity contribution is -0.116. The van der Waals surface area contributed by atoms with Gasteiger partial charge in [-0.25, -0.2) is 0 Å². The average Bonchev–Trinajstić information content (AvgIpc) is 3.21. The number of amides is 1. The Morgan fingerprint density at radius 2 is 1.88 bits per heavy atom. The van der Waals surface area contributed by atoms with Crippen LogP contribution in [0.25, 0.3) is 22.8 Å². The van der Waals surface area contributed by atoms with Crippen molar-refractivity contribution < 1.29 is 9.32 Å². The van der Waals surface area contributed by atoms with Crippen molar-refractivity contribution in [2.75, 3.05) is 5.32 Å². The Bertz CT molecular complexity index is 1370. The van der Waals surface area contributed by atoms with Crippen molar-refractivity contribution in [3.8, 4) is 22.8 Å². The van der Waals surface area contributed by atoms with E-state index in [2.05, 4.69) is 15.5 Å². The van der Waals surface area contributed by atoms with Crippen LogP contribution in [-0.4, -0.2) is 20.6 Å². The summed E-state index contributed by atoms with van der Waals surface area (Å²) in [6, 6.07) is 16.3. The predicted octanol–water partition coefficient (Wildman–Crippen LogP) is 4.78. The molecule has 0 spiro atoms. The number of hydrogen-bond acceptors (Lipinski definition) is 5. The summed E-state index contributed by atoms with van der Waals surface area (Å²) in [4.78, 5) is 30.3. The Morgan fingerprint density at radius 1 is 1.09 bits per heavy atom. The molecule has 2 heterocycles. The average molecular weight is 449 g/mol. The molecule has 8 heteroatoms. The molecule has 4 aromatic rings. The number of rotatable bonds is 5. The minimum Gasteiger partial charge on any atom is -0.333 e. The van der Waals surface area contributed by atoms with E-state index in [1.54, 1.807) is 44.2 Å². The number of halogens is 1. The summed E-state index contributed by atoms with van der Waals surface area (Å²) in [5.41, 5.74) is 3.61. The maximum absolute atomic E-state index is 13.3. The summed E-state index contributed by atoms with van der Waals surface area (Å²) in [6.45, 7) is 5.38. The molecule has 0 unspecified atom stereocenters. The number of pyridine rings is 1. The standard InChI is InChI=1S/C24H21ClN4O3/c1-14-6-4-9-19(10-14)26-20(30)13-29-16(3)11-15(2)21(24(29)31)23-27-22(28-32-23)17-7-5-8-18(25)12-17/h4-12H,13H2,1-3H3,(H,26,30). The number of nitrogens with zero attached hydrogens (tertiary/aromatic N) is 3. The molecule has 0 fully saturated rings. The molecule has 0 radical (unpaired) electrons. The third-order valence-corrected chi connectivity index (χ3v) is 5.27. The van der Waals surface area contributed by atoms with Gasteiger partial charge in [-0.2, -0.15) is 4.98 Å². The van der Waals surface area contributed by atoms with Crippen molar-refractivity contribution in [2.45, 2.75) is 27.3 Å². The number of carbonyl (C=O) groups is 1. The molecule has 2 aromatic heterocycles. The largest absolute Gasteiger partial charge is 0.333 e. The van der Waals surface area contributed by atoms with E-state index in [-0.39, 0.29) is 29.5 Å². The molecule has 2 aromatic carbocycles. The van der Waals surface area contributed by atoms with Gasteiger partial charge in [-0.1, -0.05) is 41.0 Å². The van der Waals surface area contributed by atoms with Crippen LogP contribution in [0.1, 0.15) is 16.8 Å². The zero-order valence-corrected chi connectivity index (χ0v) is 18.6. The van der Waals surface area contributed by atoms with Gasteiger partial charge in [0.25, 0.3) is 11.4 Å². The fourth-order valence-corrected chi connectivity index (χ4v) is 3.71. The molecule has 7 nitrogen and oxygen atoms in total. The first-order chi connectivity index (χ1) is 15.3. The van der Waals surface area contributed by atoms with Gasteiger partial charge in [0.2, 0.25) is 11.7 Å². The van der Waals surface area contributed by atoms with E-state index in [4.69, 9.17) is 16.1 Å². The van der Waals surface area contributed by atoms with Gasteiger partial charge < -0.3 is 14.4 Å². The molecule has 0 aliphatic rings. The highest BCUT2D eigenvalue weighted by Crippen LogP contribution is 2.24. The van der Waals surface area contributed by atoms with Gasteiger partial charge in [-0.15, -0.1) is 0 Å². The van der Waals surface area contributed by atoms with Crippen LogP contribution in [0.5, 0.6) is 0 Å². The summed E-state index contributed by atoms with van der Waals surface area (Å²) in [7, 11) is 0. The van der Waals surface area contributed by atoms with Gasteiger partial charge >= 0.3 is 0 Å². The van der Waals surface area contributed by atoms with Crippen LogP contribution in [0.4, 0.5) is 5.69 Å². The van der Waals surface area contributed by atoms with E-state index in [1.165, 1.54) is 4.57 Å². The summed E-state index contributed by atoms with van der Waals surface area (Å²) in [5, 5.41) is 7.36. The smallest absolute Gasteiger partial charge is 0.264 e. The molecular weight excluding hydrogens is 428 g/mol. The Balaban J connectivity index is 1.66. The Hall–Kier alpha value is -3.71. The van der Waals surface area contributed by atoms with Crippen molar-refractivity contribution in [3.63, 3.8) is 0 Å². The zero-order valence-electron chi connectivity index (χ0n) is 17.8. The van der Waals surface area contributed by atoms with Crippen molar-refractivity contribution in [1.82, 2.24) is 14.7 Å². The molecule has 32 heavy (non-hydrogen) atoms. The molecule has 0 saturated carbocycles. The second-order valence-electron chi connectivity index (χ2n) is 7.59. The first-order valence-electron chi connectivity index (χ1n) is 9.99. The van der Waals surface area contributed by atoms with E-state index in [0.717, 1.165) is 5.56 Å². The van der Waals surface area contributed by atoms with Crippen LogP contribution in [0.3, 0.4) is 0 Å². The van der Waals surface area contributed by atoms with Gasteiger partial charge in [0.05, 0.1) is 0 Å². The molecule has 0 saturated heterocycles. The molecule has 1 amide bonds. The van der Waals surface area contributed by atoms with E-state index < -0.39 is 0 Å². The second-order valence-corrected chi connectivity index (χ2v) is 8.02. The Kier molecular flexibility index (Phi) is 5.92. The maximum atomic E-state index is 13.3. The highest BCUT2D eigenvalue weighted by Gasteiger charge is 2.20. The van der Waals surface area contributed by atoms with Crippen molar-refractivity contribution in [1.29, 1.82) is 0 Å². The number of aryl methyl sites for hydroxylation is 3. The van der Waals surface area contributed by atoms with Crippen LogP contribution < -0.4 is 10.9 Å². The van der Waals surface area contributed by atoms with Crippen LogP contribution in [0.15, 0.2) is 63.9 Å². The second kappa shape index (κ2) is 8.80. The molecule has 162 valence electrons. The predicted molar refractivity (Wildman–Crippen MR) is 124 cm³/mol. The van der Waals surface area contributed by atoms with Crippen LogP contribution in [0, 0.1) is 20.8 Å². The van der Waals surface area contributed by atoms with E-state index in [0.29, 0.717) is 33.4 Å². The SMILES string of the molecule is Cc1cccc(NC(=O)Cn2c(C)cc(C)c(-c3nc(-c4cccc(Cl)c4)no3)c2=O)c1. The normalized spacial score (nSPS) is 10.9. The van der Waals surface area contributed by atoms with Crippen LogP contribution in [0.2, 0.25) is 5.02 Å². The maximum Gasteiger partial charge on any atom is 0.264 e. The highest BCUT2D eigenvalue weighted by molar-refractivity contribution is 6.30. The number of carbonyl (C=O) groups excluding carboxylic acids is 1. The molecular formula is C24H21ClN4O3. The minimum atomic E-state index is -0.372. The van der Waals surface area contributed by atoms with E-state index in [1.807, 2.05) is 31.2 Å². The van der Waals surface area contributed by atoms with Gasteiger partial charge in [0.1, 0.15) is 12.1 Å². The highest BCUT2D eigenvalue weighted by atomic mass is 35.5. The van der Waals surface area contributed by atoms with Gasteiger partial charge in [-0.3, -0.25) is 9.59 Å². The van der Waals surface area contributed by atoms with Crippen molar-refractivity contribution >= 4 is 23.2 Å². The number of aromatic nitrogens is 3. The molecule has 0 aliphatic heterocycles. The molecule has 0 bridgehead atoms. The molecule has 0 aliphatic carbocycles. The lowest BCUT2D eigenvalue weighted by atomic mass is 10.1. The fraction of sp³-hybridized carbons (Fsp3) is 0.167. The summed E-state index contributed by atoms with van der Waals surface area (Å²) in [6.07, 6.45) is 0. The number of anilines is 1. The summed E-state index contributed by atoms with van der Waals surface area (Å²) >= 11 is 6.04. The van der Waals surface area contributed by atoms with Crippen molar-refractivity contribution in [3.05, 3.63) is 86.8 Å². The van der Waals surface area contributed by atoms with Gasteiger partial charge in [0.15, 0.2) is 0 Å². The van der Waals surface area contributed by atoms with Gasteiger partial charge in [-0.05, 0) is 62.2 Å². The summed E-state index contributed by atoms with van der Waals surface area (Å²) in [5.74, 6) is 0.113. The number of benzene rings is 2. The van der Waals surface area contributed by atoms with Crippen molar-refractivity contribution in [2.24, 2.45) is 0 Å². The summed E-state index contributed by atoms with van der Waals surface area (Å²) < 4.78 is 6.80. The monoisotopic (exact) mass is 448 g/mol. The number of nitrogens with one attached hydrogen (secondary N) is 1. The quantitative estimate of drug-likeness (QED) is 0.474. The lowest BCUT2D eigenvalue weighted by Crippen LogP contribution is -2.30. The van der Waals surface area contributed by atoms with E-state index >= 15 is 0 Å². The lowest BCUT2D eigenvalue weighted by Gasteiger charge is -2.13. The topological polar surface area (TPSA) is 90.0 Å². The zero-order chi connectivity index (χ0) is 22.8. The fourth-order valence-electron chi connectivity index (χ4n) is 3.52. The third-order valence-electron chi connectivity index (χ3n) is 5.03. The molecule has 4 rings (SSSR count). The molecule has 0 atom stereocenters. The minimum absolute atomic E-state index is 0.0929.